The molecule has 0 aromatic heterocycles. The second-order valence-electron chi connectivity index (χ2n) is 4.76. The first kappa shape index (κ1) is 12.9. The fourth-order valence-electron chi connectivity index (χ4n) is 1.10. The first-order chi connectivity index (χ1) is 5.93. The Morgan fingerprint density at radius 3 is 2.08 bits per heavy atom. The molecule has 80 valence electrons. The molecule has 0 spiro atoms. The van der Waals surface area contributed by atoms with Crippen LogP contribution in [0, 0.1) is 11.8 Å². The Hall–Kier alpha value is -0.0800. The Bertz CT molecular complexity index is 123. The van der Waals surface area contributed by atoms with Gasteiger partial charge < -0.3 is 10.0 Å². The smallest absolute Gasteiger partial charge is 0.0689 e. The van der Waals surface area contributed by atoms with Gasteiger partial charge in [0, 0.05) is 6.54 Å². The summed E-state index contributed by atoms with van der Waals surface area (Å²) < 4.78 is 0. The molecule has 0 aromatic carbocycles. The van der Waals surface area contributed by atoms with Crippen molar-refractivity contribution in [2.75, 3.05) is 20.1 Å². The summed E-state index contributed by atoms with van der Waals surface area (Å²) >= 11 is 0. The molecule has 0 rings (SSSR count). The fraction of sp³-hybridized carbons (Fsp3) is 1.00. The second kappa shape index (κ2) is 6.39. The van der Waals surface area contributed by atoms with E-state index in [9.17, 15) is 5.11 Å². The van der Waals surface area contributed by atoms with E-state index in [1.807, 2.05) is 0 Å². The van der Waals surface area contributed by atoms with E-state index < -0.39 is 0 Å². The molecular formula is C11H25NO. The zero-order valence-electron chi connectivity index (χ0n) is 9.75. The molecule has 2 heteroatoms. The summed E-state index contributed by atoms with van der Waals surface area (Å²) in [5, 5.41) is 9.62. The molecule has 0 heterocycles. The van der Waals surface area contributed by atoms with Gasteiger partial charge in [-0.25, -0.2) is 0 Å². The molecule has 0 aliphatic carbocycles. The average Bonchev–Trinajstić information content (AvgIpc) is 2.00. The lowest BCUT2D eigenvalue weighted by molar-refractivity contribution is 0.0846. The number of aliphatic hydroxyl groups is 1. The highest BCUT2D eigenvalue weighted by Gasteiger charge is 2.11. The van der Waals surface area contributed by atoms with Crippen LogP contribution >= 0.6 is 0 Å². The van der Waals surface area contributed by atoms with Crippen molar-refractivity contribution in [3.05, 3.63) is 0 Å². The monoisotopic (exact) mass is 187 g/mol. The molecule has 1 unspecified atom stereocenters. The Balaban J connectivity index is 3.55. The molecule has 0 aromatic rings. The minimum Gasteiger partial charge on any atom is -0.392 e. The van der Waals surface area contributed by atoms with E-state index in [4.69, 9.17) is 0 Å². The van der Waals surface area contributed by atoms with Gasteiger partial charge in [-0.3, -0.25) is 0 Å². The van der Waals surface area contributed by atoms with E-state index in [0.29, 0.717) is 5.92 Å². The summed E-state index contributed by atoms with van der Waals surface area (Å²) in [7, 11) is 2.08. The molecule has 0 saturated heterocycles. The normalized spacial score (nSPS) is 14.5. The van der Waals surface area contributed by atoms with Crippen molar-refractivity contribution in [3.63, 3.8) is 0 Å². The van der Waals surface area contributed by atoms with Crippen molar-refractivity contribution < 1.29 is 5.11 Å². The molecule has 13 heavy (non-hydrogen) atoms. The van der Waals surface area contributed by atoms with Crippen LogP contribution in [-0.2, 0) is 0 Å². The maximum atomic E-state index is 9.62. The Morgan fingerprint density at radius 2 is 1.69 bits per heavy atom. The predicted octanol–water partition coefficient (Wildman–Crippen LogP) is 1.98. The molecule has 0 fully saturated rings. The van der Waals surface area contributed by atoms with Crippen LogP contribution in [0.5, 0.6) is 0 Å². The van der Waals surface area contributed by atoms with Gasteiger partial charge >= 0.3 is 0 Å². The minimum absolute atomic E-state index is 0.183. The Kier molecular flexibility index (Phi) is 6.35. The molecule has 0 aliphatic heterocycles. The summed E-state index contributed by atoms with van der Waals surface area (Å²) in [6.45, 7) is 10.5. The highest BCUT2D eigenvalue weighted by molar-refractivity contribution is 4.65. The average molecular weight is 187 g/mol. The van der Waals surface area contributed by atoms with Crippen LogP contribution in [0.1, 0.15) is 34.1 Å². The molecule has 0 saturated carbocycles. The number of rotatable bonds is 6. The summed E-state index contributed by atoms with van der Waals surface area (Å²) in [6.07, 6.45) is 1.03. The van der Waals surface area contributed by atoms with E-state index in [-0.39, 0.29) is 6.10 Å². The van der Waals surface area contributed by atoms with Crippen LogP contribution in [-0.4, -0.2) is 36.2 Å². The van der Waals surface area contributed by atoms with Crippen molar-refractivity contribution in [3.8, 4) is 0 Å². The Labute approximate surface area is 82.9 Å². The van der Waals surface area contributed by atoms with Crippen molar-refractivity contribution >= 4 is 0 Å². The lowest BCUT2D eigenvalue weighted by Crippen LogP contribution is -2.33. The van der Waals surface area contributed by atoms with Gasteiger partial charge in [-0.15, -0.1) is 0 Å². The molecule has 0 bridgehead atoms. The Morgan fingerprint density at radius 1 is 1.15 bits per heavy atom. The van der Waals surface area contributed by atoms with Crippen molar-refractivity contribution in [1.29, 1.82) is 0 Å². The van der Waals surface area contributed by atoms with Crippen LogP contribution in [0.15, 0.2) is 0 Å². The van der Waals surface area contributed by atoms with Crippen LogP contribution in [0.3, 0.4) is 0 Å². The summed E-state index contributed by atoms with van der Waals surface area (Å²) in [5.74, 6) is 1.11. The van der Waals surface area contributed by atoms with Crippen molar-refractivity contribution in [2.24, 2.45) is 11.8 Å². The third-order valence-electron chi connectivity index (χ3n) is 2.36. The number of nitrogens with zero attached hydrogens (tertiary/aromatic N) is 1. The highest BCUT2D eigenvalue weighted by atomic mass is 16.3. The van der Waals surface area contributed by atoms with E-state index >= 15 is 0 Å². The third kappa shape index (κ3) is 7.03. The summed E-state index contributed by atoms with van der Waals surface area (Å²) in [4.78, 5) is 2.21. The van der Waals surface area contributed by atoms with Crippen molar-refractivity contribution in [1.82, 2.24) is 4.90 Å². The third-order valence-corrected chi connectivity index (χ3v) is 2.36. The van der Waals surface area contributed by atoms with Gasteiger partial charge in [0.05, 0.1) is 6.10 Å². The zero-order valence-corrected chi connectivity index (χ0v) is 9.75. The van der Waals surface area contributed by atoms with Gasteiger partial charge in [0.15, 0.2) is 0 Å². The van der Waals surface area contributed by atoms with Gasteiger partial charge in [-0.1, -0.05) is 27.7 Å². The van der Waals surface area contributed by atoms with Crippen molar-refractivity contribution in [2.45, 2.75) is 40.2 Å². The molecule has 0 aliphatic rings. The van der Waals surface area contributed by atoms with E-state index in [0.717, 1.165) is 19.0 Å². The molecular weight excluding hydrogens is 162 g/mol. The highest BCUT2D eigenvalue weighted by Crippen LogP contribution is 2.05. The quantitative estimate of drug-likeness (QED) is 0.687. The lowest BCUT2D eigenvalue weighted by atomic mass is 10.1. The van der Waals surface area contributed by atoms with Gasteiger partial charge in [0.1, 0.15) is 0 Å². The minimum atomic E-state index is -0.183. The summed E-state index contributed by atoms with van der Waals surface area (Å²) in [5.41, 5.74) is 0. The van der Waals surface area contributed by atoms with Crippen LogP contribution in [0.4, 0.5) is 0 Å². The maximum Gasteiger partial charge on any atom is 0.0689 e. The van der Waals surface area contributed by atoms with Gasteiger partial charge in [-0.05, 0) is 31.8 Å². The van der Waals surface area contributed by atoms with Gasteiger partial charge in [-0.2, -0.15) is 0 Å². The SMILES string of the molecule is CC(C)CCN(C)CC(O)C(C)C. The molecule has 1 N–H and O–H groups in total. The van der Waals surface area contributed by atoms with Gasteiger partial charge in [0.25, 0.3) is 0 Å². The van der Waals surface area contributed by atoms with Crippen LogP contribution in [0.25, 0.3) is 0 Å². The first-order valence-corrected chi connectivity index (χ1v) is 5.30. The summed E-state index contributed by atoms with van der Waals surface area (Å²) in [6, 6.07) is 0. The number of hydrogen-bond acceptors (Lipinski definition) is 2. The van der Waals surface area contributed by atoms with Crippen LogP contribution in [0.2, 0.25) is 0 Å². The van der Waals surface area contributed by atoms with Crippen LogP contribution < -0.4 is 0 Å². The van der Waals surface area contributed by atoms with E-state index in [2.05, 4.69) is 39.6 Å². The standard InChI is InChI=1S/C11H25NO/c1-9(2)6-7-12(5)8-11(13)10(3)4/h9-11,13H,6-8H2,1-5H3. The molecule has 0 radical (unpaired) electrons. The zero-order chi connectivity index (χ0) is 10.4. The van der Waals surface area contributed by atoms with E-state index in [1.165, 1.54) is 6.42 Å². The van der Waals surface area contributed by atoms with Gasteiger partial charge in [0.2, 0.25) is 0 Å². The molecule has 0 amide bonds. The maximum absolute atomic E-state index is 9.62. The van der Waals surface area contributed by atoms with E-state index in [1.54, 1.807) is 0 Å². The topological polar surface area (TPSA) is 23.5 Å². The largest absolute Gasteiger partial charge is 0.392 e. The predicted molar refractivity (Wildman–Crippen MR) is 57.8 cm³/mol. The lowest BCUT2D eigenvalue weighted by Gasteiger charge is -2.23. The number of likely N-dealkylation sites (N-methyl/N-ethyl adjacent to an activating group) is 1. The first-order valence-electron chi connectivity index (χ1n) is 5.30. The second-order valence-corrected chi connectivity index (χ2v) is 4.76. The number of aliphatic hydroxyl groups excluding tert-OH is 1. The molecule has 1 atom stereocenters. The fourth-order valence-corrected chi connectivity index (χ4v) is 1.10. The number of hydrogen-bond donors (Lipinski definition) is 1. The molecule has 2 nitrogen and oxygen atoms in total.